The van der Waals surface area contributed by atoms with E-state index in [1.54, 1.807) is 6.08 Å². The summed E-state index contributed by atoms with van der Waals surface area (Å²) in [4.78, 5) is 26.6. The quantitative estimate of drug-likeness (QED) is 0.0149. The van der Waals surface area contributed by atoms with E-state index in [1.165, 1.54) is 83.5 Å². The maximum absolute atomic E-state index is 13.4. The van der Waals surface area contributed by atoms with E-state index in [1.807, 2.05) is 12.2 Å². The summed E-state index contributed by atoms with van der Waals surface area (Å²) in [6.45, 7) is 5.62. The van der Waals surface area contributed by atoms with E-state index >= 15 is 0 Å². The summed E-state index contributed by atoms with van der Waals surface area (Å²) in [6.07, 6.45) is 62.9. The summed E-state index contributed by atoms with van der Waals surface area (Å²) in [6, 6.07) is -1.04. The van der Waals surface area contributed by atoms with Gasteiger partial charge in [0.1, 0.15) is 24.4 Å². The lowest BCUT2D eigenvalue weighted by Crippen LogP contribution is -2.61. The summed E-state index contributed by atoms with van der Waals surface area (Å²) in [5.74, 6) is -1.22. The normalized spacial score (nSPS) is 19.5. The van der Waals surface area contributed by atoms with Gasteiger partial charge >= 0.3 is 5.97 Å². The van der Waals surface area contributed by atoms with Gasteiger partial charge in [-0.2, -0.15) is 0 Å². The zero-order valence-electron chi connectivity index (χ0n) is 50.2. The molecule has 0 radical (unpaired) electrons. The number of hydrogen-bond donors (Lipinski definition) is 6. The number of ether oxygens (including phenoxy) is 3. The van der Waals surface area contributed by atoms with Gasteiger partial charge in [-0.05, 0) is 89.9 Å². The zero-order chi connectivity index (χ0) is 57.5. The molecule has 1 saturated heterocycles. The van der Waals surface area contributed by atoms with Crippen LogP contribution in [-0.2, 0) is 23.8 Å². The highest BCUT2D eigenvalue weighted by molar-refractivity contribution is 5.80. The Hall–Kier alpha value is -3.42. The van der Waals surface area contributed by atoms with Gasteiger partial charge in [-0.15, -0.1) is 0 Å². The second-order valence-corrected chi connectivity index (χ2v) is 21.8. The molecule has 1 aliphatic heterocycles. The molecule has 0 saturated carbocycles. The van der Waals surface area contributed by atoms with Crippen molar-refractivity contribution < 1.29 is 49.3 Å². The SMILES string of the molecule is CC/C=C/C=C/C=C/CCCCCCCCCC(=O)OC1C(OCC(NC(=O)C(O)CCCCCCCC/C=C\C/C=C\C/C=C\C/C=C\CCCCC)C(O)/C=C/CCCCCCCCCCCCC)OC(CO)C(O)C1O. The van der Waals surface area contributed by atoms with Crippen molar-refractivity contribution >= 4 is 11.9 Å². The molecule has 0 aromatic carbocycles. The molecule has 454 valence electrons. The highest BCUT2D eigenvalue weighted by atomic mass is 16.7. The molecule has 79 heavy (non-hydrogen) atoms. The molecule has 0 aliphatic carbocycles. The highest BCUT2D eigenvalue weighted by Crippen LogP contribution is 2.26. The average Bonchev–Trinajstić information content (AvgIpc) is 3.50. The van der Waals surface area contributed by atoms with Gasteiger partial charge in [0, 0.05) is 6.42 Å². The lowest BCUT2D eigenvalue weighted by atomic mass is 9.99. The maximum Gasteiger partial charge on any atom is 0.306 e. The number of carbonyl (C=O) groups is 2. The number of nitrogens with one attached hydrogen (secondary N) is 1. The zero-order valence-corrected chi connectivity index (χ0v) is 50.2. The Morgan fingerprint density at radius 3 is 1.49 bits per heavy atom. The van der Waals surface area contributed by atoms with Gasteiger partial charge in [-0.1, -0.05) is 259 Å². The van der Waals surface area contributed by atoms with Gasteiger partial charge in [0.05, 0.1) is 25.4 Å². The first-order valence-corrected chi connectivity index (χ1v) is 32.0. The predicted octanol–water partition coefficient (Wildman–Crippen LogP) is 15.5. The van der Waals surface area contributed by atoms with E-state index in [9.17, 15) is 35.1 Å². The van der Waals surface area contributed by atoms with Crippen LogP contribution in [0, 0.1) is 0 Å². The third kappa shape index (κ3) is 43.0. The molecule has 11 heteroatoms. The van der Waals surface area contributed by atoms with Crippen molar-refractivity contribution in [2.24, 2.45) is 0 Å². The van der Waals surface area contributed by atoms with Crippen molar-refractivity contribution in [1.29, 1.82) is 0 Å². The molecule has 6 N–H and O–H groups in total. The molecule has 1 heterocycles. The summed E-state index contributed by atoms with van der Waals surface area (Å²) in [7, 11) is 0. The van der Waals surface area contributed by atoms with Crippen molar-refractivity contribution in [3.63, 3.8) is 0 Å². The van der Waals surface area contributed by atoms with Crippen molar-refractivity contribution in [2.45, 2.75) is 307 Å². The number of hydrogen-bond acceptors (Lipinski definition) is 10. The average molecular weight is 1110 g/mol. The third-order valence-electron chi connectivity index (χ3n) is 14.5. The Morgan fingerprint density at radius 2 is 0.962 bits per heavy atom. The number of aliphatic hydroxyl groups excluding tert-OH is 5. The van der Waals surface area contributed by atoms with Crippen LogP contribution in [0.3, 0.4) is 0 Å². The molecule has 1 rings (SSSR count). The molecule has 8 atom stereocenters. The van der Waals surface area contributed by atoms with Gasteiger partial charge in [0.25, 0.3) is 0 Å². The molecular formula is C68H117NO10. The second kappa shape index (κ2) is 55.1. The Kier molecular flexibility index (Phi) is 51.4. The molecule has 1 amide bonds. The van der Waals surface area contributed by atoms with Gasteiger partial charge in [0.2, 0.25) is 5.91 Å². The lowest BCUT2D eigenvalue weighted by molar-refractivity contribution is -0.305. The summed E-state index contributed by atoms with van der Waals surface area (Å²) >= 11 is 0. The number of amides is 1. The maximum atomic E-state index is 13.4. The molecule has 0 aromatic rings. The standard InChI is InChI=1S/C68H117NO10/c1-4-7-10-13-16-19-22-25-27-28-29-30-31-32-33-35-37-40-43-46-49-52-55-61(72)67(76)69-59(60(71)54-51-48-45-42-39-36-24-21-18-15-12-9-6-3)58-77-68-66(65(75)64(74)62(57-70)78-68)79-63(73)56-53-50-47-44-41-38-34-26-23-20-17-14-11-8-5-2/h8,11,14,16-17,19-20,23,25,27,29-30,32-33,51,54,59-62,64-66,68,70-72,74-75H,4-7,9-10,12-13,15,18,21-22,24,26,28,31,34-50,52-53,55-58H2,1-3H3,(H,69,76)/b11-8+,17-14+,19-16-,23-20+,27-25-,30-29-,33-32-,54-51+. The number of allylic oxidation sites excluding steroid dienone is 15. The van der Waals surface area contributed by atoms with Gasteiger partial charge in [-0.3, -0.25) is 9.59 Å². The molecule has 0 bridgehead atoms. The van der Waals surface area contributed by atoms with Gasteiger partial charge < -0.3 is 45.1 Å². The molecule has 11 nitrogen and oxygen atoms in total. The van der Waals surface area contributed by atoms with E-state index < -0.39 is 67.4 Å². The van der Waals surface area contributed by atoms with Crippen LogP contribution in [0.4, 0.5) is 0 Å². The van der Waals surface area contributed by atoms with Crippen LogP contribution in [0.1, 0.15) is 258 Å². The fraction of sp³-hybridized carbons (Fsp3) is 0.735. The van der Waals surface area contributed by atoms with E-state index in [4.69, 9.17) is 14.2 Å². The Balaban J connectivity index is 2.68. The van der Waals surface area contributed by atoms with Crippen molar-refractivity contribution in [3.05, 3.63) is 97.2 Å². The van der Waals surface area contributed by atoms with Crippen LogP contribution in [0.2, 0.25) is 0 Å². The highest BCUT2D eigenvalue weighted by Gasteiger charge is 2.47. The summed E-state index contributed by atoms with van der Waals surface area (Å²) < 4.78 is 17.6. The van der Waals surface area contributed by atoms with Crippen molar-refractivity contribution in [1.82, 2.24) is 5.32 Å². The Bertz CT molecular complexity index is 1650. The third-order valence-corrected chi connectivity index (χ3v) is 14.5. The minimum atomic E-state index is -1.63. The first-order chi connectivity index (χ1) is 38.7. The number of esters is 1. The van der Waals surface area contributed by atoms with Crippen LogP contribution < -0.4 is 5.32 Å². The summed E-state index contributed by atoms with van der Waals surface area (Å²) in [5, 5.41) is 57.0. The smallest absolute Gasteiger partial charge is 0.306 e. The number of rotatable bonds is 53. The van der Waals surface area contributed by atoms with Crippen LogP contribution in [0.5, 0.6) is 0 Å². The lowest BCUT2D eigenvalue weighted by Gasteiger charge is -2.41. The number of carbonyl (C=O) groups excluding carboxylic acids is 2. The Morgan fingerprint density at radius 1 is 0.519 bits per heavy atom. The minimum absolute atomic E-state index is 0.104. The molecule has 0 spiro atoms. The van der Waals surface area contributed by atoms with Crippen molar-refractivity contribution in [2.75, 3.05) is 13.2 Å². The van der Waals surface area contributed by atoms with Crippen LogP contribution >= 0.6 is 0 Å². The first-order valence-electron chi connectivity index (χ1n) is 32.0. The van der Waals surface area contributed by atoms with Crippen molar-refractivity contribution in [3.8, 4) is 0 Å². The molecule has 0 aromatic heterocycles. The monoisotopic (exact) mass is 1110 g/mol. The van der Waals surface area contributed by atoms with E-state index in [0.717, 1.165) is 128 Å². The fourth-order valence-electron chi connectivity index (χ4n) is 9.46. The van der Waals surface area contributed by atoms with E-state index in [2.05, 4.69) is 105 Å². The van der Waals surface area contributed by atoms with Gasteiger partial charge in [0.15, 0.2) is 12.4 Å². The van der Waals surface area contributed by atoms with Crippen LogP contribution in [-0.4, -0.2) is 99.6 Å². The second-order valence-electron chi connectivity index (χ2n) is 21.8. The topological polar surface area (TPSA) is 175 Å². The fourth-order valence-corrected chi connectivity index (χ4v) is 9.46. The first kappa shape index (κ1) is 73.6. The molecule has 8 unspecified atom stereocenters. The summed E-state index contributed by atoms with van der Waals surface area (Å²) in [5.41, 5.74) is 0. The van der Waals surface area contributed by atoms with Crippen LogP contribution in [0.15, 0.2) is 97.2 Å². The Labute approximate surface area is 482 Å². The number of aliphatic hydroxyl groups is 5. The van der Waals surface area contributed by atoms with Crippen LogP contribution in [0.25, 0.3) is 0 Å². The minimum Gasteiger partial charge on any atom is -0.454 e. The molecule has 1 fully saturated rings. The molecular weight excluding hydrogens is 991 g/mol. The molecule has 1 aliphatic rings. The largest absolute Gasteiger partial charge is 0.454 e. The van der Waals surface area contributed by atoms with E-state index in [-0.39, 0.29) is 19.4 Å². The van der Waals surface area contributed by atoms with E-state index in [0.29, 0.717) is 12.8 Å². The van der Waals surface area contributed by atoms with Gasteiger partial charge in [-0.25, -0.2) is 0 Å². The number of unbranched alkanes of at least 4 members (excludes halogenated alkanes) is 27. The predicted molar refractivity (Wildman–Crippen MR) is 329 cm³/mol.